The predicted octanol–water partition coefficient (Wildman–Crippen LogP) is 4.67. The van der Waals surface area contributed by atoms with Crippen LogP contribution in [0.1, 0.15) is 22.3 Å². The summed E-state index contributed by atoms with van der Waals surface area (Å²) in [5.41, 5.74) is 6.33. The lowest BCUT2D eigenvalue weighted by Gasteiger charge is -2.13. The van der Waals surface area contributed by atoms with Crippen LogP contribution in [-0.2, 0) is 4.79 Å². The van der Waals surface area contributed by atoms with Gasteiger partial charge in [0, 0.05) is 10.0 Å². The molecule has 0 bridgehead atoms. The highest BCUT2D eigenvalue weighted by Gasteiger charge is 2.10. The second-order valence-corrected chi connectivity index (χ2v) is 7.52. The molecule has 2 aromatic carbocycles. The van der Waals surface area contributed by atoms with Crippen LogP contribution in [0.25, 0.3) is 0 Å². The Bertz CT molecular complexity index is 851. The maximum absolute atomic E-state index is 12.0. The average Bonchev–Trinajstić information content (AvgIpc) is 2.58. The Kier molecular flexibility index (Phi) is 7.23. The quantitative estimate of drug-likeness (QED) is 0.479. The number of halogens is 2. The van der Waals surface area contributed by atoms with Gasteiger partial charge in [-0.15, -0.1) is 0 Å². The zero-order valence-electron chi connectivity index (χ0n) is 15.0. The standard InChI is InChI=1S/C19H20Br2N2O3/c1-11-5-6-12(2)18(13(11)3)26-10-17(24)23-22-9-14-7-15(20)8-16(21)19(14)25-4/h5-9H,10H2,1-4H3,(H,23,24)/b22-9-. The molecule has 138 valence electrons. The van der Waals surface area contributed by atoms with E-state index in [1.54, 1.807) is 7.11 Å². The van der Waals surface area contributed by atoms with Gasteiger partial charge in [-0.05, 0) is 65.5 Å². The lowest BCUT2D eigenvalue weighted by atomic mass is 10.1. The molecule has 0 fully saturated rings. The number of hydrogen-bond donors (Lipinski definition) is 1. The van der Waals surface area contributed by atoms with Gasteiger partial charge < -0.3 is 9.47 Å². The largest absolute Gasteiger partial charge is 0.495 e. The highest BCUT2D eigenvalue weighted by Crippen LogP contribution is 2.31. The van der Waals surface area contributed by atoms with E-state index in [2.05, 4.69) is 42.4 Å². The van der Waals surface area contributed by atoms with E-state index in [-0.39, 0.29) is 12.5 Å². The lowest BCUT2D eigenvalue weighted by molar-refractivity contribution is -0.123. The third-order valence-corrected chi connectivity index (χ3v) is 4.90. The van der Waals surface area contributed by atoms with Gasteiger partial charge in [-0.25, -0.2) is 5.43 Å². The summed E-state index contributed by atoms with van der Waals surface area (Å²) in [4.78, 5) is 12.0. The summed E-state index contributed by atoms with van der Waals surface area (Å²) in [6.45, 7) is 5.83. The third kappa shape index (κ3) is 5.08. The molecular weight excluding hydrogens is 464 g/mol. The molecule has 0 radical (unpaired) electrons. The van der Waals surface area contributed by atoms with Crippen molar-refractivity contribution < 1.29 is 14.3 Å². The minimum Gasteiger partial charge on any atom is -0.495 e. The molecule has 1 N–H and O–H groups in total. The summed E-state index contributed by atoms with van der Waals surface area (Å²) in [6, 6.07) is 7.72. The van der Waals surface area contributed by atoms with E-state index in [0.717, 1.165) is 36.9 Å². The monoisotopic (exact) mass is 482 g/mol. The van der Waals surface area contributed by atoms with Gasteiger partial charge in [0.1, 0.15) is 11.5 Å². The topological polar surface area (TPSA) is 59.9 Å². The molecule has 26 heavy (non-hydrogen) atoms. The number of rotatable bonds is 6. The molecule has 0 heterocycles. The second kappa shape index (κ2) is 9.19. The minimum absolute atomic E-state index is 0.109. The van der Waals surface area contributed by atoms with Gasteiger partial charge in [-0.3, -0.25) is 4.79 Å². The molecule has 7 heteroatoms. The summed E-state index contributed by atoms with van der Waals surface area (Å²) in [5, 5.41) is 3.98. The van der Waals surface area contributed by atoms with Gasteiger partial charge in [0.05, 0.1) is 17.8 Å². The molecule has 2 rings (SSSR count). The first-order valence-corrected chi connectivity index (χ1v) is 9.46. The first kappa shape index (κ1) is 20.5. The lowest BCUT2D eigenvalue weighted by Crippen LogP contribution is -2.25. The van der Waals surface area contributed by atoms with Crippen molar-refractivity contribution in [2.45, 2.75) is 20.8 Å². The van der Waals surface area contributed by atoms with Gasteiger partial charge >= 0.3 is 0 Å². The number of hydrazone groups is 1. The molecule has 5 nitrogen and oxygen atoms in total. The summed E-state index contributed by atoms with van der Waals surface area (Å²) >= 11 is 6.84. The Hall–Kier alpha value is -1.86. The Morgan fingerprint density at radius 2 is 1.85 bits per heavy atom. The van der Waals surface area contributed by atoms with Crippen LogP contribution in [0, 0.1) is 20.8 Å². The Morgan fingerprint density at radius 3 is 2.54 bits per heavy atom. The van der Waals surface area contributed by atoms with Crippen LogP contribution in [0.5, 0.6) is 11.5 Å². The van der Waals surface area contributed by atoms with Crippen molar-refractivity contribution in [3.63, 3.8) is 0 Å². The number of methoxy groups -OCH3 is 1. The van der Waals surface area contributed by atoms with Crippen molar-refractivity contribution in [3.8, 4) is 11.5 Å². The van der Waals surface area contributed by atoms with Crippen molar-refractivity contribution in [1.29, 1.82) is 0 Å². The fourth-order valence-electron chi connectivity index (χ4n) is 2.38. The number of ether oxygens (including phenoxy) is 2. The normalized spacial score (nSPS) is 10.8. The Balaban J connectivity index is 2.00. The van der Waals surface area contributed by atoms with Crippen LogP contribution in [0.2, 0.25) is 0 Å². The number of carbonyl (C=O) groups is 1. The molecule has 0 saturated carbocycles. The third-order valence-electron chi connectivity index (χ3n) is 3.86. The smallest absolute Gasteiger partial charge is 0.277 e. The van der Waals surface area contributed by atoms with Crippen molar-refractivity contribution >= 4 is 44.0 Å². The van der Waals surface area contributed by atoms with Crippen LogP contribution in [-0.4, -0.2) is 25.8 Å². The van der Waals surface area contributed by atoms with E-state index in [4.69, 9.17) is 9.47 Å². The van der Waals surface area contributed by atoms with Crippen molar-refractivity contribution in [1.82, 2.24) is 5.43 Å². The van der Waals surface area contributed by atoms with E-state index in [1.807, 2.05) is 45.0 Å². The van der Waals surface area contributed by atoms with Crippen LogP contribution < -0.4 is 14.9 Å². The number of nitrogens with zero attached hydrogens (tertiary/aromatic N) is 1. The molecule has 0 atom stereocenters. The summed E-state index contributed by atoms with van der Waals surface area (Å²) in [5.74, 6) is 1.03. The van der Waals surface area contributed by atoms with Crippen molar-refractivity contribution in [3.05, 3.63) is 55.5 Å². The summed E-state index contributed by atoms with van der Waals surface area (Å²) in [7, 11) is 1.57. The number of hydrogen-bond acceptors (Lipinski definition) is 4. The van der Waals surface area contributed by atoms with E-state index >= 15 is 0 Å². The van der Waals surface area contributed by atoms with Gasteiger partial charge in [0.15, 0.2) is 6.61 Å². The molecule has 0 aliphatic heterocycles. The van der Waals surface area contributed by atoms with Gasteiger partial charge in [-0.1, -0.05) is 28.1 Å². The fourth-order valence-corrected chi connectivity index (χ4v) is 3.80. The van der Waals surface area contributed by atoms with Crippen molar-refractivity contribution in [2.75, 3.05) is 13.7 Å². The predicted molar refractivity (Wildman–Crippen MR) is 110 cm³/mol. The average molecular weight is 484 g/mol. The van der Waals surface area contributed by atoms with Crippen LogP contribution in [0.3, 0.4) is 0 Å². The zero-order chi connectivity index (χ0) is 19.3. The molecule has 0 aromatic heterocycles. The Morgan fingerprint density at radius 1 is 1.15 bits per heavy atom. The van der Waals surface area contributed by atoms with E-state index in [9.17, 15) is 4.79 Å². The van der Waals surface area contributed by atoms with Crippen molar-refractivity contribution in [2.24, 2.45) is 5.10 Å². The van der Waals surface area contributed by atoms with Crippen LogP contribution in [0.4, 0.5) is 0 Å². The molecule has 2 aromatic rings. The van der Waals surface area contributed by atoms with Crippen LogP contribution in [0.15, 0.2) is 38.3 Å². The van der Waals surface area contributed by atoms with Crippen LogP contribution >= 0.6 is 31.9 Å². The molecule has 0 aliphatic rings. The number of carbonyl (C=O) groups excluding carboxylic acids is 1. The molecular formula is C19H20Br2N2O3. The number of nitrogens with one attached hydrogen (secondary N) is 1. The highest BCUT2D eigenvalue weighted by atomic mass is 79.9. The molecule has 0 spiro atoms. The van der Waals surface area contributed by atoms with E-state index in [0.29, 0.717) is 5.75 Å². The number of amides is 1. The molecule has 0 unspecified atom stereocenters. The first-order chi connectivity index (χ1) is 12.3. The zero-order valence-corrected chi connectivity index (χ0v) is 18.2. The molecule has 0 saturated heterocycles. The van der Waals surface area contributed by atoms with Gasteiger partial charge in [-0.2, -0.15) is 5.10 Å². The number of aryl methyl sites for hydroxylation is 2. The summed E-state index contributed by atoms with van der Waals surface area (Å²) < 4.78 is 12.7. The number of benzene rings is 2. The maximum Gasteiger partial charge on any atom is 0.277 e. The first-order valence-electron chi connectivity index (χ1n) is 7.88. The SMILES string of the molecule is COc1c(Br)cc(Br)cc1/C=N\NC(=O)COc1c(C)ccc(C)c1C. The van der Waals surface area contributed by atoms with Gasteiger partial charge in [0.2, 0.25) is 0 Å². The molecule has 1 amide bonds. The minimum atomic E-state index is -0.338. The molecule has 0 aliphatic carbocycles. The Labute approximate surface area is 170 Å². The van der Waals surface area contributed by atoms with Gasteiger partial charge in [0.25, 0.3) is 5.91 Å². The fraction of sp³-hybridized carbons (Fsp3) is 0.263. The highest BCUT2D eigenvalue weighted by molar-refractivity contribution is 9.11. The second-order valence-electron chi connectivity index (χ2n) is 5.75. The summed E-state index contributed by atoms with van der Waals surface area (Å²) in [6.07, 6.45) is 1.52. The maximum atomic E-state index is 12.0. The van der Waals surface area contributed by atoms with E-state index in [1.165, 1.54) is 6.21 Å². The van der Waals surface area contributed by atoms with E-state index < -0.39 is 0 Å².